The largest absolute Gasteiger partial charge is 0.444 e. The highest BCUT2D eigenvalue weighted by atomic mass is 16.6. The van der Waals surface area contributed by atoms with Gasteiger partial charge >= 0.3 is 6.09 Å². The Morgan fingerprint density at radius 3 is 2.57 bits per heavy atom. The van der Waals surface area contributed by atoms with Gasteiger partial charge in [0, 0.05) is 54.9 Å². The van der Waals surface area contributed by atoms with Gasteiger partial charge in [0.05, 0.1) is 23.4 Å². The number of nitrogens with one attached hydrogen (secondary N) is 1. The lowest BCUT2D eigenvalue weighted by Gasteiger charge is -2.29. The van der Waals surface area contributed by atoms with Crippen LogP contribution in [-0.2, 0) is 24.8 Å². The Bertz CT molecular complexity index is 2130. The second kappa shape index (κ2) is 11.8. The third kappa shape index (κ3) is 5.83. The van der Waals surface area contributed by atoms with Crippen LogP contribution >= 0.6 is 0 Å². The van der Waals surface area contributed by atoms with E-state index < -0.39 is 11.7 Å². The second-order valence-electron chi connectivity index (χ2n) is 12.5. The van der Waals surface area contributed by atoms with Crippen molar-refractivity contribution in [1.29, 1.82) is 5.26 Å². The van der Waals surface area contributed by atoms with E-state index in [1.807, 2.05) is 52.8 Å². The molecule has 4 heterocycles. The molecule has 6 rings (SSSR count). The molecular formula is C35H33N7O5. The molecular weight excluding hydrogens is 598 g/mol. The Kier molecular flexibility index (Phi) is 7.85. The van der Waals surface area contributed by atoms with E-state index in [-0.39, 0.29) is 29.7 Å². The van der Waals surface area contributed by atoms with Crippen molar-refractivity contribution in [3.63, 3.8) is 0 Å². The van der Waals surface area contributed by atoms with Gasteiger partial charge in [-0.1, -0.05) is 12.1 Å². The van der Waals surface area contributed by atoms with Crippen molar-refractivity contribution in [2.45, 2.75) is 53.2 Å². The fraction of sp³-hybridized carbons (Fsp3) is 0.286. The summed E-state index contributed by atoms with van der Waals surface area (Å²) in [4.78, 5) is 52.8. The third-order valence-corrected chi connectivity index (χ3v) is 8.20. The van der Waals surface area contributed by atoms with E-state index in [0.29, 0.717) is 52.9 Å². The van der Waals surface area contributed by atoms with Gasteiger partial charge in [-0.3, -0.25) is 14.6 Å². The molecule has 238 valence electrons. The number of imidazole rings is 1. The number of fused-ring (bicyclic) bond motifs is 2. The highest BCUT2D eigenvalue weighted by Crippen LogP contribution is 2.36. The number of nitriles is 1. The number of carbonyl (C=O) groups excluding carboxylic acids is 3. The number of carbonyl (C=O) groups is 3. The number of benzene rings is 2. The van der Waals surface area contributed by atoms with Gasteiger partial charge < -0.3 is 23.9 Å². The van der Waals surface area contributed by atoms with Crippen LogP contribution in [0.4, 0.5) is 10.5 Å². The average Bonchev–Trinajstić information content (AvgIpc) is 3.61. The Morgan fingerprint density at radius 2 is 1.85 bits per heavy atom. The zero-order valence-corrected chi connectivity index (χ0v) is 27.0. The Morgan fingerprint density at radius 1 is 1.09 bits per heavy atom. The van der Waals surface area contributed by atoms with Gasteiger partial charge in [-0.15, -0.1) is 0 Å². The number of ether oxygens (including phenoxy) is 1. The number of aldehydes is 1. The maximum absolute atomic E-state index is 13.6. The lowest BCUT2D eigenvalue weighted by atomic mass is 9.95. The fourth-order valence-electron chi connectivity index (χ4n) is 5.79. The van der Waals surface area contributed by atoms with Crippen molar-refractivity contribution in [2.24, 2.45) is 7.05 Å². The third-order valence-electron chi connectivity index (χ3n) is 8.20. The first-order valence-corrected chi connectivity index (χ1v) is 15.1. The van der Waals surface area contributed by atoms with Crippen molar-refractivity contribution >= 4 is 35.1 Å². The van der Waals surface area contributed by atoms with Crippen LogP contribution in [0.25, 0.3) is 33.7 Å². The summed E-state index contributed by atoms with van der Waals surface area (Å²) in [7, 11) is 1.80. The number of aromatic nitrogens is 4. The van der Waals surface area contributed by atoms with Crippen molar-refractivity contribution in [2.75, 3.05) is 11.9 Å². The molecule has 5 aromatic rings. The molecule has 12 nitrogen and oxygen atoms in total. The highest BCUT2D eigenvalue weighted by Gasteiger charge is 2.30. The summed E-state index contributed by atoms with van der Waals surface area (Å²) in [5.74, 6) is 0.151. The van der Waals surface area contributed by atoms with E-state index in [1.165, 1.54) is 6.07 Å². The molecule has 1 aliphatic rings. The summed E-state index contributed by atoms with van der Waals surface area (Å²) >= 11 is 0. The van der Waals surface area contributed by atoms with Crippen molar-refractivity contribution in [3.05, 3.63) is 82.2 Å². The molecule has 0 aliphatic carbocycles. The molecule has 1 aliphatic heterocycles. The predicted octanol–water partition coefficient (Wildman–Crippen LogP) is 6.14. The van der Waals surface area contributed by atoms with Gasteiger partial charge in [0.25, 0.3) is 5.91 Å². The van der Waals surface area contributed by atoms with Gasteiger partial charge in [-0.2, -0.15) is 5.26 Å². The first-order valence-electron chi connectivity index (χ1n) is 15.1. The smallest absolute Gasteiger partial charge is 0.410 e. The minimum absolute atomic E-state index is 0.221. The Labute approximate surface area is 271 Å². The van der Waals surface area contributed by atoms with Crippen molar-refractivity contribution in [1.82, 2.24) is 24.4 Å². The predicted molar refractivity (Wildman–Crippen MR) is 174 cm³/mol. The lowest BCUT2D eigenvalue weighted by Crippen LogP contribution is -2.40. The standard InChI is InChI=1S/C35H33N7O5/c1-19-24(15-37-16-25(19)33-40-27-13-21(18-43)12-22(14-36)30(27)46-33)23-8-7-9-26(20(23)2)39-32(44)31-38-28-17-42(11-10-29(28)41(31)6)34(45)47-35(3,4)5/h7-9,12-13,15-16,18H,10-11,17H2,1-6H3,(H,39,44). The molecule has 2 amide bonds. The topological polar surface area (TPSA) is 156 Å². The van der Waals surface area contributed by atoms with Crippen LogP contribution in [0.5, 0.6) is 0 Å². The summed E-state index contributed by atoms with van der Waals surface area (Å²) in [6, 6.07) is 10.7. The van der Waals surface area contributed by atoms with Crippen molar-refractivity contribution < 1.29 is 23.5 Å². The molecule has 12 heteroatoms. The molecule has 3 aromatic heterocycles. The monoisotopic (exact) mass is 631 g/mol. The average molecular weight is 632 g/mol. The molecule has 0 radical (unpaired) electrons. The Hall–Kier alpha value is -5.83. The van der Waals surface area contributed by atoms with Crippen LogP contribution in [0.3, 0.4) is 0 Å². The number of hydrogen-bond donors (Lipinski definition) is 1. The van der Waals surface area contributed by atoms with Gasteiger partial charge in [-0.25, -0.2) is 14.8 Å². The molecule has 0 bridgehead atoms. The van der Waals surface area contributed by atoms with E-state index in [1.54, 1.807) is 35.0 Å². The molecule has 0 spiro atoms. The summed E-state index contributed by atoms with van der Waals surface area (Å²) in [5.41, 5.74) is 6.76. The molecule has 2 aromatic carbocycles. The number of rotatable bonds is 5. The fourth-order valence-corrected chi connectivity index (χ4v) is 5.79. The number of pyridine rings is 1. The molecule has 0 atom stereocenters. The van der Waals surface area contributed by atoms with E-state index in [0.717, 1.165) is 27.9 Å². The van der Waals surface area contributed by atoms with E-state index in [4.69, 9.17) is 9.15 Å². The molecule has 0 unspecified atom stereocenters. The summed E-state index contributed by atoms with van der Waals surface area (Å²) in [6.07, 6.45) is 4.20. The maximum Gasteiger partial charge on any atom is 0.410 e. The minimum atomic E-state index is -0.608. The number of oxazole rings is 1. The summed E-state index contributed by atoms with van der Waals surface area (Å²) in [5, 5.41) is 12.6. The van der Waals surface area contributed by atoms with Crippen LogP contribution in [0, 0.1) is 25.2 Å². The van der Waals surface area contributed by atoms with Gasteiger partial charge in [0.15, 0.2) is 11.4 Å². The summed E-state index contributed by atoms with van der Waals surface area (Å²) in [6.45, 7) is 10.0. The van der Waals surface area contributed by atoms with E-state index in [2.05, 4.69) is 26.3 Å². The van der Waals surface area contributed by atoms with E-state index >= 15 is 0 Å². The molecule has 47 heavy (non-hydrogen) atoms. The highest BCUT2D eigenvalue weighted by molar-refractivity contribution is 6.03. The van der Waals surface area contributed by atoms with Crippen molar-refractivity contribution in [3.8, 4) is 28.7 Å². The van der Waals surface area contributed by atoms with E-state index in [9.17, 15) is 19.6 Å². The number of nitrogens with zero attached hydrogens (tertiary/aromatic N) is 6. The molecule has 1 N–H and O–H groups in total. The number of anilines is 1. The second-order valence-corrected chi connectivity index (χ2v) is 12.5. The zero-order chi connectivity index (χ0) is 33.6. The van der Waals surface area contributed by atoms with Crippen LogP contribution in [-0.4, -0.2) is 54.9 Å². The van der Waals surface area contributed by atoms with Gasteiger partial charge in [0.1, 0.15) is 23.5 Å². The van der Waals surface area contributed by atoms with Gasteiger partial charge in [0.2, 0.25) is 5.89 Å². The maximum atomic E-state index is 13.6. The quantitative estimate of drug-likeness (QED) is 0.225. The number of amides is 2. The lowest BCUT2D eigenvalue weighted by molar-refractivity contribution is 0.0220. The zero-order valence-electron chi connectivity index (χ0n) is 27.0. The SMILES string of the molecule is Cc1c(NC(=O)c2nc3c(n2C)CCN(C(=O)OC(C)(C)C)C3)cccc1-c1cncc(-c2nc3cc(C=O)cc(C#N)c3o2)c1C. The number of hydrogen-bond acceptors (Lipinski definition) is 9. The Balaban J connectivity index is 1.27. The first kappa shape index (κ1) is 31.2. The van der Waals surface area contributed by atoms with Crippen LogP contribution < -0.4 is 5.32 Å². The van der Waals surface area contributed by atoms with Crippen LogP contribution in [0.1, 0.15) is 69.8 Å². The van der Waals surface area contributed by atoms with Crippen LogP contribution in [0.2, 0.25) is 0 Å². The first-order chi connectivity index (χ1) is 22.4. The molecule has 0 saturated heterocycles. The molecule has 0 fully saturated rings. The normalized spacial score (nSPS) is 12.8. The van der Waals surface area contributed by atoms with Gasteiger partial charge in [-0.05, 0) is 69.5 Å². The van der Waals surface area contributed by atoms with Crippen LogP contribution in [0.15, 0.2) is 47.1 Å². The molecule has 0 saturated carbocycles. The summed E-state index contributed by atoms with van der Waals surface area (Å²) < 4.78 is 13.3. The minimum Gasteiger partial charge on any atom is -0.444 e.